The summed E-state index contributed by atoms with van der Waals surface area (Å²) in [5, 5.41) is 12.5. The predicted octanol–water partition coefficient (Wildman–Crippen LogP) is 1.16. The van der Waals surface area contributed by atoms with Gasteiger partial charge in [0.1, 0.15) is 13.2 Å². The summed E-state index contributed by atoms with van der Waals surface area (Å²) in [6.45, 7) is 4.98. The Kier molecular flexibility index (Phi) is 4.14. The van der Waals surface area contributed by atoms with Gasteiger partial charge < -0.3 is 4.84 Å². The third-order valence-electron chi connectivity index (χ3n) is 2.27. The first-order valence-corrected chi connectivity index (χ1v) is 4.74. The first-order valence-electron chi connectivity index (χ1n) is 4.74. The van der Waals surface area contributed by atoms with Gasteiger partial charge in [0.15, 0.2) is 5.71 Å². The summed E-state index contributed by atoms with van der Waals surface area (Å²) in [4.78, 5) is 6.90. The molecular formula is C10H15N3O. The van der Waals surface area contributed by atoms with Gasteiger partial charge in [0, 0.05) is 18.7 Å². The van der Waals surface area contributed by atoms with Gasteiger partial charge in [0.25, 0.3) is 0 Å². The van der Waals surface area contributed by atoms with Crippen LogP contribution in [0.25, 0.3) is 0 Å². The molecule has 0 unspecified atom stereocenters. The van der Waals surface area contributed by atoms with Gasteiger partial charge in [-0.3, -0.25) is 4.90 Å². The van der Waals surface area contributed by atoms with Crippen LogP contribution in [0, 0.1) is 11.3 Å². The molecule has 1 aliphatic rings. The number of rotatable bonds is 3. The second-order valence-electron chi connectivity index (χ2n) is 3.12. The van der Waals surface area contributed by atoms with Crippen LogP contribution in [0.1, 0.15) is 13.3 Å². The zero-order chi connectivity index (χ0) is 10.4. The van der Waals surface area contributed by atoms with Crippen molar-refractivity contribution < 1.29 is 4.84 Å². The highest BCUT2D eigenvalue weighted by atomic mass is 16.6. The number of hydrogen-bond donors (Lipinski definition) is 0. The summed E-state index contributed by atoms with van der Waals surface area (Å²) in [5.74, 6) is 0. The van der Waals surface area contributed by atoms with Crippen molar-refractivity contribution in [1.29, 1.82) is 5.26 Å². The van der Waals surface area contributed by atoms with Gasteiger partial charge in [0.2, 0.25) is 0 Å². The van der Waals surface area contributed by atoms with Gasteiger partial charge in [0.05, 0.1) is 0 Å². The number of likely N-dealkylation sites (N-methyl/N-ethyl adjacent to an activating group) is 1. The fourth-order valence-electron chi connectivity index (χ4n) is 1.49. The SMILES string of the molecule is CCN1CCC=C(/C(C#N)=N/OC)C1. The average molecular weight is 193 g/mol. The summed E-state index contributed by atoms with van der Waals surface area (Å²) in [5.41, 5.74) is 1.37. The van der Waals surface area contributed by atoms with Crippen LogP contribution in [-0.2, 0) is 4.84 Å². The minimum absolute atomic E-state index is 0.394. The Labute approximate surface area is 84.4 Å². The Morgan fingerprint density at radius 3 is 3.14 bits per heavy atom. The number of hydrogen-bond acceptors (Lipinski definition) is 4. The largest absolute Gasteiger partial charge is 0.398 e. The molecule has 0 aromatic rings. The van der Waals surface area contributed by atoms with Crippen molar-refractivity contribution in [2.24, 2.45) is 5.16 Å². The molecule has 0 aromatic heterocycles. The lowest BCUT2D eigenvalue weighted by molar-refractivity contribution is 0.213. The summed E-state index contributed by atoms with van der Waals surface area (Å²) >= 11 is 0. The minimum Gasteiger partial charge on any atom is -0.398 e. The topological polar surface area (TPSA) is 48.6 Å². The number of nitrogens with zero attached hydrogens (tertiary/aromatic N) is 3. The molecule has 14 heavy (non-hydrogen) atoms. The molecule has 0 fully saturated rings. The first-order chi connectivity index (χ1) is 6.81. The van der Waals surface area contributed by atoms with Crippen LogP contribution in [0.15, 0.2) is 16.8 Å². The van der Waals surface area contributed by atoms with Gasteiger partial charge in [-0.2, -0.15) is 5.26 Å². The summed E-state index contributed by atoms with van der Waals surface area (Å²) < 4.78 is 0. The van der Waals surface area contributed by atoms with E-state index in [2.05, 4.69) is 27.9 Å². The average Bonchev–Trinajstić information content (AvgIpc) is 2.26. The molecule has 1 aliphatic heterocycles. The number of nitriles is 1. The molecule has 0 N–H and O–H groups in total. The highest BCUT2D eigenvalue weighted by molar-refractivity contribution is 6.11. The van der Waals surface area contributed by atoms with Crippen LogP contribution >= 0.6 is 0 Å². The van der Waals surface area contributed by atoms with E-state index in [-0.39, 0.29) is 0 Å². The Morgan fingerprint density at radius 1 is 1.79 bits per heavy atom. The maximum atomic E-state index is 8.85. The molecule has 76 valence electrons. The smallest absolute Gasteiger partial charge is 0.183 e. The molecule has 0 spiro atoms. The van der Waals surface area contributed by atoms with Gasteiger partial charge in [-0.25, -0.2) is 0 Å². The van der Waals surface area contributed by atoms with Crippen LogP contribution in [0.5, 0.6) is 0 Å². The quantitative estimate of drug-likeness (QED) is 0.499. The van der Waals surface area contributed by atoms with E-state index in [1.54, 1.807) is 0 Å². The molecule has 0 amide bonds. The van der Waals surface area contributed by atoms with Gasteiger partial charge >= 0.3 is 0 Å². The zero-order valence-electron chi connectivity index (χ0n) is 8.66. The fourth-order valence-corrected chi connectivity index (χ4v) is 1.49. The zero-order valence-corrected chi connectivity index (χ0v) is 8.66. The predicted molar refractivity (Wildman–Crippen MR) is 54.9 cm³/mol. The Balaban J connectivity index is 2.73. The maximum Gasteiger partial charge on any atom is 0.183 e. The maximum absolute atomic E-state index is 8.85. The van der Waals surface area contributed by atoms with Crippen molar-refractivity contribution in [2.75, 3.05) is 26.7 Å². The lowest BCUT2D eigenvalue weighted by Gasteiger charge is -2.24. The van der Waals surface area contributed by atoms with Crippen LogP contribution < -0.4 is 0 Å². The third-order valence-corrected chi connectivity index (χ3v) is 2.27. The van der Waals surface area contributed by atoms with Crippen LogP contribution in [0.2, 0.25) is 0 Å². The highest BCUT2D eigenvalue weighted by Gasteiger charge is 2.15. The molecule has 0 radical (unpaired) electrons. The normalized spacial score (nSPS) is 18.6. The molecule has 0 bridgehead atoms. The second-order valence-corrected chi connectivity index (χ2v) is 3.12. The van der Waals surface area contributed by atoms with Crippen molar-refractivity contribution >= 4 is 5.71 Å². The second kappa shape index (κ2) is 5.40. The molecule has 0 saturated carbocycles. The highest BCUT2D eigenvalue weighted by Crippen LogP contribution is 2.10. The van der Waals surface area contributed by atoms with E-state index in [0.29, 0.717) is 5.71 Å². The summed E-state index contributed by atoms with van der Waals surface area (Å²) in [6, 6.07) is 2.05. The molecule has 0 aromatic carbocycles. The molecule has 0 aliphatic carbocycles. The Hall–Kier alpha value is -1.34. The summed E-state index contributed by atoms with van der Waals surface area (Å²) in [6.07, 6.45) is 3.04. The lowest BCUT2D eigenvalue weighted by Crippen LogP contribution is -2.31. The molecule has 4 nitrogen and oxygen atoms in total. The number of oxime groups is 1. The van der Waals surface area contributed by atoms with Crippen LogP contribution in [0.4, 0.5) is 0 Å². The lowest BCUT2D eigenvalue weighted by atomic mass is 10.1. The van der Waals surface area contributed by atoms with E-state index in [1.807, 2.05) is 6.07 Å². The standard InChI is InChI=1S/C10H15N3O/c1-3-13-6-4-5-9(8-13)10(7-11)12-14-2/h5H,3-4,6,8H2,1-2H3/b12-10+. The van der Waals surface area contributed by atoms with Crippen LogP contribution in [0.3, 0.4) is 0 Å². The van der Waals surface area contributed by atoms with Gasteiger partial charge in [-0.15, -0.1) is 0 Å². The third kappa shape index (κ3) is 2.57. The van der Waals surface area contributed by atoms with Gasteiger partial charge in [-0.1, -0.05) is 18.2 Å². The minimum atomic E-state index is 0.394. The first kappa shape index (κ1) is 10.7. The van der Waals surface area contributed by atoms with E-state index in [9.17, 15) is 0 Å². The van der Waals surface area contributed by atoms with Crippen molar-refractivity contribution in [2.45, 2.75) is 13.3 Å². The Bertz CT molecular complexity index is 288. The van der Waals surface area contributed by atoms with Crippen molar-refractivity contribution in [3.8, 4) is 6.07 Å². The van der Waals surface area contributed by atoms with E-state index in [1.165, 1.54) is 7.11 Å². The molecule has 1 heterocycles. The monoisotopic (exact) mass is 193 g/mol. The van der Waals surface area contributed by atoms with Crippen LogP contribution in [-0.4, -0.2) is 37.4 Å². The molecule has 0 atom stereocenters. The van der Waals surface area contributed by atoms with Crippen molar-refractivity contribution in [1.82, 2.24) is 4.90 Å². The van der Waals surface area contributed by atoms with E-state index >= 15 is 0 Å². The molecule has 1 rings (SSSR count). The fraction of sp³-hybridized carbons (Fsp3) is 0.600. The Morgan fingerprint density at radius 2 is 2.57 bits per heavy atom. The van der Waals surface area contributed by atoms with E-state index in [4.69, 9.17) is 5.26 Å². The molecule has 4 heteroatoms. The molecular weight excluding hydrogens is 178 g/mol. The summed E-state index contributed by atoms with van der Waals surface area (Å²) in [7, 11) is 1.46. The van der Waals surface area contributed by atoms with E-state index < -0.39 is 0 Å². The van der Waals surface area contributed by atoms with Gasteiger partial charge in [-0.05, 0) is 13.0 Å². The van der Waals surface area contributed by atoms with Crippen molar-refractivity contribution in [3.63, 3.8) is 0 Å². The molecule has 0 saturated heterocycles. The van der Waals surface area contributed by atoms with E-state index in [0.717, 1.165) is 31.6 Å². The van der Waals surface area contributed by atoms with Crippen molar-refractivity contribution in [3.05, 3.63) is 11.6 Å².